The summed E-state index contributed by atoms with van der Waals surface area (Å²) in [6.45, 7) is 6.90. The first-order valence-corrected chi connectivity index (χ1v) is 15.4. The summed E-state index contributed by atoms with van der Waals surface area (Å²) >= 11 is 4.31. The summed E-state index contributed by atoms with van der Waals surface area (Å²) in [5, 5.41) is 17.0. The highest BCUT2D eigenvalue weighted by atomic mass is 32.2. The molecular weight excluding hydrogens is 561 g/mol. The number of methoxy groups -OCH3 is 1. The van der Waals surface area contributed by atoms with Gasteiger partial charge in [0.25, 0.3) is 0 Å². The fraction of sp³-hybridized carbons (Fsp3) is 0.200. The lowest BCUT2D eigenvalue weighted by molar-refractivity contribution is -0.113. The van der Waals surface area contributed by atoms with Gasteiger partial charge in [0.15, 0.2) is 11.0 Å². The molecule has 1 amide bonds. The van der Waals surface area contributed by atoms with Crippen LogP contribution >= 0.6 is 34.4 Å². The predicted octanol–water partition coefficient (Wildman–Crippen LogP) is 7.56. The van der Waals surface area contributed by atoms with Crippen molar-refractivity contribution in [2.24, 2.45) is 0 Å². The molecule has 5 rings (SSSR count). The van der Waals surface area contributed by atoms with E-state index in [1.165, 1.54) is 40.6 Å². The molecule has 0 unspecified atom stereocenters. The molecule has 204 valence electrons. The summed E-state index contributed by atoms with van der Waals surface area (Å²) in [5.74, 6) is 0.165. The van der Waals surface area contributed by atoms with Gasteiger partial charge in [0.05, 0.1) is 12.9 Å². The summed E-state index contributed by atoms with van der Waals surface area (Å²) in [7, 11) is 1.34. The van der Waals surface area contributed by atoms with E-state index in [1.807, 2.05) is 47.2 Å². The van der Waals surface area contributed by atoms with Gasteiger partial charge in [-0.1, -0.05) is 71.9 Å². The van der Waals surface area contributed by atoms with Gasteiger partial charge in [0.2, 0.25) is 5.91 Å². The summed E-state index contributed by atoms with van der Waals surface area (Å²) in [4.78, 5) is 26.8. The van der Waals surface area contributed by atoms with E-state index in [4.69, 9.17) is 4.74 Å². The van der Waals surface area contributed by atoms with Crippen LogP contribution in [0, 0.1) is 13.8 Å². The lowest BCUT2D eigenvalue weighted by atomic mass is 10.0. The first kappa shape index (κ1) is 27.8. The molecule has 7 nitrogen and oxygen atoms in total. The molecule has 0 aliphatic rings. The maximum Gasteiger partial charge on any atom is 0.341 e. The molecule has 0 spiro atoms. The van der Waals surface area contributed by atoms with Crippen LogP contribution in [-0.4, -0.2) is 39.5 Å². The van der Waals surface area contributed by atoms with E-state index in [-0.39, 0.29) is 11.7 Å². The molecule has 0 fully saturated rings. The minimum atomic E-state index is -0.492. The van der Waals surface area contributed by atoms with Crippen molar-refractivity contribution in [2.75, 3.05) is 18.2 Å². The number of benzene rings is 2. The third kappa shape index (κ3) is 5.60. The van der Waals surface area contributed by atoms with Crippen LogP contribution in [0.2, 0.25) is 0 Å². The Morgan fingerprint density at radius 1 is 0.950 bits per heavy atom. The van der Waals surface area contributed by atoms with Crippen LogP contribution in [0.4, 0.5) is 5.00 Å². The van der Waals surface area contributed by atoms with Crippen LogP contribution in [-0.2, 0) is 16.1 Å². The van der Waals surface area contributed by atoms with E-state index in [1.54, 1.807) is 11.3 Å². The highest BCUT2D eigenvalue weighted by Gasteiger charge is 2.24. The van der Waals surface area contributed by atoms with Crippen molar-refractivity contribution in [1.29, 1.82) is 0 Å². The number of rotatable bonds is 9. The zero-order chi connectivity index (χ0) is 28.2. The highest BCUT2D eigenvalue weighted by Crippen LogP contribution is 2.40. The summed E-state index contributed by atoms with van der Waals surface area (Å²) < 4.78 is 7.06. The van der Waals surface area contributed by atoms with Crippen molar-refractivity contribution in [3.8, 4) is 33.6 Å². The number of aryl methyl sites for hydroxylation is 2. The minimum Gasteiger partial charge on any atom is -0.465 e. The number of hydrogen-bond acceptors (Lipinski definition) is 8. The number of hydrogen-bond donors (Lipinski definition) is 1. The van der Waals surface area contributed by atoms with Crippen LogP contribution in [0.1, 0.15) is 27.7 Å². The van der Waals surface area contributed by atoms with Crippen LogP contribution in [0.3, 0.4) is 0 Å². The van der Waals surface area contributed by atoms with E-state index in [2.05, 4.69) is 59.0 Å². The van der Waals surface area contributed by atoms with Crippen molar-refractivity contribution in [3.63, 3.8) is 0 Å². The molecule has 10 heteroatoms. The smallest absolute Gasteiger partial charge is 0.341 e. The van der Waals surface area contributed by atoms with E-state index >= 15 is 0 Å². The molecule has 0 aliphatic carbocycles. The van der Waals surface area contributed by atoms with Gasteiger partial charge in [-0.15, -0.1) is 32.9 Å². The number of carbonyl (C=O) groups is 2. The third-order valence-corrected chi connectivity index (χ3v) is 9.21. The molecule has 40 heavy (non-hydrogen) atoms. The Balaban J connectivity index is 1.35. The van der Waals surface area contributed by atoms with Gasteiger partial charge in [-0.05, 0) is 31.9 Å². The standard InChI is InChI=1S/C30H28N4O3S3/c1-5-34-27(23-16-38-19(3)25(23)21-13-11-18(2)12-14-21)32-33-30(34)40-17-24(35)31-28-26(29(36)37-4)22(15-39-28)20-9-7-6-8-10-20/h6-16H,5,17H2,1-4H3,(H,31,35). The second-order valence-corrected chi connectivity index (χ2v) is 12.0. The maximum absolute atomic E-state index is 13.0. The number of anilines is 1. The molecule has 0 saturated carbocycles. The third-order valence-electron chi connectivity index (χ3n) is 6.44. The number of nitrogens with zero attached hydrogens (tertiary/aromatic N) is 3. The summed E-state index contributed by atoms with van der Waals surface area (Å²) in [5.41, 5.74) is 6.51. The Bertz CT molecular complexity index is 1650. The Morgan fingerprint density at radius 2 is 1.68 bits per heavy atom. The number of esters is 1. The number of nitrogens with one attached hydrogen (secondary N) is 1. The number of carbonyl (C=O) groups excluding carboxylic acids is 2. The first-order chi connectivity index (χ1) is 19.4. The number of amides is 1. The zero-order valence-electron chi connectivity index (χ0n) is 22.6. The van der Waals surface area contributed by atoms with Crippen LogP contribution in [0.25, 0.3) is 33.6 Å². The molecule has 0 saturated heterocycles. The summed E-state index contributed by atoms with van der Waals surface area (Å²) in [6, 6.07) is 18.1. The average Bonchev–Trinajstić information content (AvgIpc) is 3.68. The molecule has 0 radical (unpaired) electrons. The van der Waals surface area contributed by atoms with Crippen molar-refractivity contribution < 1.29 is 14.3 Å². The molecular formula is C30H28N4O3S3. The Morgan fingerprint density at radius 3 is 2.38 bits per heavy atom. The lowest BCUT2D eigenvalue weighted by Gasteiger charge is -2.10. The predicted molar refractivity (Wildman–Crippen MR) is 164 cm³/mol. The van der Waals surface area contributed by atoms with E-state index in [0.717, 1.165) is 33.6 Å². The normalized spacial score (nSPS) is 11.0. The highest BCUT2D eigenvalue weighted by molar-refractivity contribution is 7.99. The number of ether oxygens (including phenoxy) is 1. The number of aromatic nitrogens is 3. The van der Waals surface area contributed by atoms with E-state index in [9.17, 15) is 9.59 Å². The molecule has 2 aromatic carbocycles. The van der Waals surface area contributed by atoms with E-state index in [0.29, 0.717) is 22.3 Å². The Labute approximate surface area is 245 Å². The molecule has 0 bridgehead atoms. The Kier molecular flexibility index (Phi) is 8.49. The van der Waals surface area contributed by atoms with Crippen molar-refractivity contribution in [2.45, 2.75) is 32.5 Å². The van der Waals surface area contributed by atoms with Crippen molar-refractivity contribution >= 4 is 51.3 Å². The Hall–Kier alpha value is -3.73. The number of thioether (sulfide) groups is 1. The van der Waals surface area contributed by atoms with Crippen LogP contribution in [0.5, 0.6) is 0 Å². The second-order valence-electron chi connectivity index (χ2n) is 9.04. The lowest BCUT2D eigenvalue weighted by Crippen LogP contribution is -2.16. The van der Waals surface area contributed by atoms with Gasteiger partial charge in [0, 0.05) is 38.9 Å². The molecule has 0 aliphatic heterocycles. The van der Waals surface area contributed by atoms with Gasteiger partial charge < -0.3 is 14.6 Å². The fourth-order valence-electron chi connectivity index (χ4n) is 4.46. The van der Waals surface area contributed by atoms with E-state index < -0.39 is 5.97 Å². The maximum atomic E-state index is 13.0. The van der Waals surface area contributed by atoms with Gasteiger partial charge in [-0.2, -0.15) is 0 Å². The molecule has 5 aromatic rings. The molecule has 1 N–H and O–H groups in total. The van der Waals surface area contributed by atoms with Crippen molar-refractivity contribution in [1.82, 2.24) is 14.8 Å². The summed E-state index contributed by atoms with van der Waals surface area (Å²) in [6.07, 6.45) is 0. The van der Waals surface area contributed by atoms with Crippen molar-refractivity contribution in [3.05, 3.63) is 81.4 Å². The second kappa shape index (κ2) is 12.2. The SMILES string of the molecule is CCn1c(SCC(=O)Nc2scc(-c3ccccc3)c2C(=O)OC)nnc1-c1csc(C)c1-c1ccc(C)cc1. The van der Waals surface area contributed by atoms with Gasteiger partial charge >= 0.3 is 5.97 Å². The van der Waals surface area contributed by atoms with Crippen LogP contribution < -0.4 is 5.32 Å². The largest absolute Gasteiger partial charge is 0.465 e. The minimum absolute atomic E-state index is 0.116. The molecule has 3 aromatic heterocycles. The molecule has 0 atom stereocenters. The quantitative estimate of drug-likeness (QED) is 0.141. The zero-order valence-corrected chi connectivity index (χ0v) is 25.0. The van der Waals surface area contributed by atoms with Gasteiger partial charge in [-0.3, -0.25) is 4.79 Å². The van der Waals surface area contributed by atoms with Crippen LogP contribution in [0.15, 0.2) is 70.5 Å². The topological polar surface area (TPSA) is 86.1 Å². The fourth-order valence-corrected chi connectivity index (χ4v) is 7.10. The monoisotopic (exact) mass is 588 g/mol. The average molecular weight is 589 g/mol. The number of thiophene rings is 2. The molecule has 3 heterocycles. The first-order valence-electron chi connectivity index (χ1n) is 12.7. The van der Waals surface area contributed by atoms with Gasteiger partial charge in [-0.25, -0.2) is 4.79 Å². The van der Waals surface area contributed by atoms with Gasteiger partial charge in [0.1, 0.15) is 10.6 Å².